The Morgan fingerprint density at radius 3 is 2.48 bits per heavy atom. The summed E-state index contributed by atoms with van der Waals surface area (Å²) in [6.45, 7) is 0. The molecular weight excluding hydrogens is 357 g/mol. The van der Waals surface area contributed by atoms with Gasteiger partial charge in [0, 0.05) is 0 Å². The lowest BCUT2D eigenvalue weighted by Crippen LogP contribution is -2.27. The number of hydrogen-bond donors (Lipinski definition) is 1. The minimum atomic E-state index is -0.447. The van der Waals surface area contributed by atoms with E-state index < -0.39 is 11.1 Å². The first-order chi connectivity index (χ1) is 11.0. The first kappa shape index (κ1) is 15.9. The number of phenolic OH excluding ortho intramolecular Hbond substituents is 1. The van der Waals surface area contributed by atoms with E-state index in [1.807, 2.05) is 0 Å². The number of phenols is 1. The highest BCUT2D eigenvalue weighted by atomic mass is 35.5. The van der Waals surface area contributed by atoms with Crippen LogP contribution in [0, 0.1) is 0 Å². The van der Waals surface area contributed by atoms with E-state index in [1.54, 1.807) is 36.4 Å². The fourth-order valence-corrected chi connectivity index (χ4v) is 3.32. The highest BCUT2D eigenvalue weighted by Crippen LogP contribution is 2.38. The SMILES string of the molecule is O=C1S/C(=C\c2ccc(O)c(Cl)c2)C(=O)N1c1ccccc1Cl. The number of thioether (sulfide) groups is 1. The predicted octanol–water partition coefficient (Wildman–Crippen LogP) is 4.94. The first-order valence-electron chi connectivity index (χ1n) is 6.48. The Kier molecular flexibility index (Phi) is 4.35. The van der Waals surface area contributed by atoms with Crippen molar-refractivity contribution in [2.45, 2.75) is 0 Å². The Bertz CT molecular complexity index is 851. The van der Waals surface area contributed by atoms with E-state index in [1.165, 1.54) is 12.1 Å². The number of benzene rings is 2. The summed E-state index contributed by atoms with van der Waals surface area (Å²) >= 11 is 12.7. The summed E-state index contributed by atoms with van der Waals surface area (Å²) in [5.41, 5.74) is 0.960. The van der Waals surface area contributed by atoms with Crippen LogP contribution in [0.15, 0.2) is 47.4 Å². The first-order valence-corrected chi connectivity index (χ1v) is 8.05. The Morgan fingerprint density at radius 2 is 1.78 bits per heavy atom. The van der Waals surface area contributed by atoms with Crippen molar-refractivity contribution in [3.63, 3.8) is 0 Å². The average Bonchev–Trinajstić information content (AvgIpc) is 2.78. The van der Waals surface area contributed by atoms with Crippen molar-refractivity contribution in [3.05, 3.63) is 63.0 Å². The van der Waals surface area contributed by atoms with E-state index in [4.69, 9.17) is 23.2 Å². The molecule has 4 nitrogen and oxygen atoms in total. The molecule has 1 aliphatic rings. The molecule has 7 heteroatoms. The number of anilines is 1. The van der Waals surface area contributed by atoms with Gasteiger partial charge in [-0.2, -0.15) is 0 Å². The molecule has 1 N–H and O–H groups in total. The minimum Gasteiger partial charge on any atom is -0.506 e. The minimum absolute atomic E-state index is 0.0482. The molecule has 0 aromatic heterocycles. The maximum Gasteiger partial charge on any atom is 0.298 e. The Morgan fingerprint density at radius 1 is 1.04 bits per heavy atom. The number of amides is 2. The molecule has 23 heavy (non-hydrogen) atoms. The van der Waals surface area contributed by atoms with Crippen LogP contribution in [-0.2, 0) is 4.79 Å². The van der Waals surface area contributed by atoms with Gasteiger partial charge in [-0.25, -0.2) is 4.90 Å². The number of nitrogens with zero attached hydrogens (tertiary/aromatic N) is 1. The van der Waals surface area contributed by atoms with Gasteiger partial charge in [-0.3, -0.25) is 9.59 Å². The molecular formula is C16H9Cl2NO3S. The number of para-hydroxylation sites is 1. The number of carbonyl (C=O) groups excluding carboxylic acids is 2. The zero-order valence-corrected chi connectivity index (χ0v) is 13.8. The van der Waals surface area contributed by atoms with Gasteiger partial charge in [0.15, 0.2) is 0 Å². The van der Waals surface area contributed by atoms with Crippen LogP contribution < -0.4 is 4.90 Å². The Labute approximate surface area is 146 Å². The quantitative estimate of drug-likeness (QED) is 0.765. The van der Waals surface area contributed by atoms with E-state index in [2.05, 4.69) is 0 Å². The number of rotatable bonds is 2. The van der Waals surface area contributed by atoms with Crippen LogP contribution in [0.1, 0.15) is 5.56 Å². The van der Waals surface area contributed by atoms with Gasteiger partial charge in [0.25, 0.3) is 11.1 Å². The normalized spacial score (nSPS) is 16.4. The summed E-state index contributed by atoms with van der Waals surface area (Å²) in [7, 11) is 0. The van der Waals surface area contributed by atoms with Crippen LogP contribution in [0.2, 0.25) is 10.0 Å². The highest BCUT2D eigenvalue weighted by molar-refractivity contribution is 8.19. The summed E-state index contributed by atoms with van der Waals surface area (Å²) in [5, 5.41) is 9.49. The predicted molar refractivity (Wildman–Crippen MR) is 93.0 cm³/mol. The summed E-state index contributed by atoms with van der Waals surface area (Å²) in [5.74, 6) is -0.495. The van der Waals surface area contributed by atoms with E-state index in [0.29, 0.717) is 16.3 Å². The van der Waals surface area contributed by atoms with Crippen LogP contribution in [0.25, 0.3) is 6.08 Å². The van der Waals surface area contributed by atoms with Crippen LogP contribution in [-0.4, -0.2) is 16.3 Å². The lowest BCUT2D eigenvalue weighted by Gasteiger charge is -2.13. The molecule has 0 unspecified atom stereocenters. The number of imide groups is 1. The zero-order chi connectivity index (χ0) is 16.6. The molecule has 0 spiro atoms. The fraction of sp³-hybridized carbons (Fsp3) is 0. The van der Waals surface area contributed by atoms with Crippen LogP contribution in [0.4, 0.5) is 10.5 Å². The molecule has 0 radical (unpaired) electrons. The highest BCUT2D eigenvalue weighted by Gasteiger charge is 2.37. The third-order valence-electron chi connectivity index (χ3n) is 3.16. The molecule has 0 aliphatic carbocycles. The Hall–Kier alpha value is -1.95. The van der Waals surface area contributed by atoms with Crippen molar-refractivity contribution in [2.24, 2.45) is 0 Å². The second-order valence-corrected chi connectivity index (χ2v) is 6.49. The van der Waals surface area contributed by atoms with Crippen molar-refractivity contribution >= 4 is 57.9 Å². The zero-order valence-electron chi connectivity index (χ0n) is 11.5. The lowest BCUT2D eigenvalue weighted by atomic mass is 10.2. The molecule has 0 atom stereocenters. The molecule has 2 aromatic rings. The molecule has 0 saturated carbocycles. The molecule has 1 fully saturated rings. The van der Waals surface area contributed by atoms with E-state index in [0.717, 1.165) is 16.7 Å². The third-order valence-corrected chi connectivity index (χ3v) is 4.65. The van der Waals surface area contributed by atoms with Gasteiger partial charge in [-0.1, -0.05) is 41.4 Å². The van der Waals surface area contributed by atoms with Crippen molar-refractivity contribution < 1.29 is 14.7 Å². The topological polar surface area (TPSA) is 57.6 Å². The standard InChI is InChI=1S/C16H9Cl2NO3S/c17-10-3-1-2-4-12(10)19-15(21)14(23-16(19)22)8-9-5-6-13(20)11(18)7-9/h1-8,20H/b14-8-. The lowest BCUT2D eigenvalue weighted by molar-refractivity contribution is -0.113. The largest absolute Gasteiger partial charge is 0.506 e. The van der Waals surface area contributed by atoms with Gasteiger partial charge in [0.05, 0.1) is 20.6 Å². The fourth-order valence-electron chi connectivity index (χ4n) is 2.07. The molecule has 3 rings (SSSR count). The van der Waals surface area contributed by atoms with Gasteiger partial charge in [-0.15, -0.1) is 0 Å². The van der Waals surface area contributed by atoms with Gasteiger partial charge in [0.2, 0.25) is 0 Å². The Balaban J connectivity index is 1.96. The monoisotopic (exact) mass is 365 g/mol. The number of hydrogen-bond acceptors (Lipinski definition) is 4. The van der Waals surface area contributed by atoms with E-state index in [9.17, 15) is 14.7 Å². The van der Waals surface area contributed by atoms with Gasteiger partial charge in [0.1, 0.15) is 5.75 Å². The van der Waals surface area contributed by atoms with Crippen molar-refractivity contribution in [2.75, 3.05) is 4.90 Å². The van der Waals surface area contributed by atoms with Crippen LogP contribution >= 0.6 is 35.0 Å². The number of carbonyl (C=O) groups is 2. The van der Waals surface area contributed by atoms with E-state index >= 15 is 0 Å². The smallest absolute Gasteiger partial charge is 0.298 e. The summed E-state index contributed by atoms with van der Waals surface area (Å²) in [6.07, 6.45) is 1.55. The number of halogens is 2. The van der Waals surface area contributed by atoms with Gasteiger partial charge < -0.3 is 5.11 Å². The van der Waals surface area contributed by atoms with E-state index in [-0.39, 0.29) is 15.7 Å². The van der Waals surface area contributed by atoms with Gasteiger partial charge in [-0.05, 0) is 47.7 Å². The second kappa shape index (κ2) is 6.28. The molecule has 1 saturated heterocycles. The molecule has 2 amide bonds. The molecule has 1 heterocycles. The maximum atomic E-state index is 12.5. The summed E-state index contributed by atoms with van der Waals surface area (Å²) < 4.78 is 0. The van der Waals surface area contributed by atoms with Crippen LogP contribution in [0.5, 0.6) is 5.75 Å². The molecule has 1 aliphatic heterocycles. The van der Waals surface area contributed by atoms with Crippen molar-refractivity contribution in [1.29, 1.82) is 0 Å². The van der Waals surface area contributed by atoms with Crippen LogP contribution in [0.3, 0.4) is 0 Å². The molecule has 0 bridgehead atoms. The molecule has 116 valence electrons. The van der Waals surface area contributed by atoms with Gasteiger partial charge >= 0.3 is 0 Å². The second-order valence-electron chi connectivity index (χ2n) is 4.68. The number of aromatic hydroxyl groups is 1. The summed E-state index contributed by atoms with van der Waals surface area (Å²) in [4.78, 5) is 26.0. The maximum absolute atomic E-state index is 12.5. The third kappa shape index (κ3) is 3.08. The average molecular weight is 366 g/mol. The summed E-state index contributed by atoms with van der Waals surface area (Å²) in [6, 6.07) is 11.2. The van der Waals surface area contributed by atoms with Crippen molar-refractivity contribution in [3.8, 4) is 5.75 Å². The molecule has 2 aromatic carbocycles. The van der Waals surface area contributed by atoms with Crippen molar-refractivity contribution in [1.82, 2.24) is 0 Å².